The zero-order chi connectivity index (χ0) is 16.9. The quantitative estimate of drug-likeness (QED) is 0.850. The van der Waals surface area contributed by atoms with E-state index in [1.165, 1.54) is 5.69 Å². The average molecular weight is 328 g/mol. The summed E-state index contributed by atoms with van der Waals surface area (Å²) >= 11 is 0. The van der Waals surface area contributed by atoms with Crippen LogP contribution in [0.1, 0.15) is 12.7 Å². The summed E-state index contributed by atoms with van der Waals surface area (Å²) in [6, 6.07) is 8.48. The molecule has 6 nitrogen and oxygen atoms in total. The van der Waals surface area contributed by atoms with Crippen LogP contribution in [-0.4, -0.2) is 60.7 Å². The first-order valence-electron chi connectivity index (χ1n) is 8.39. The second-order valence-electron chi connectivity index (χ2n) is 6.06. The Hall–Kier alpha value is -2.34. The molecule has 6 heteroatoms. The van der Waals surface area contributed by atoms with Crippen molar-refractivity contribution in [3.05, 3.63) is 36.3 Å². The molecule has 2 heterocycles. The molecule has 1 N–H and O–H groups in total. The number of benzene rings is 1. The first kappa shape index (κ1) is 16.5. The van der Waals surface area contributed by atoms with Crippen LogP contribution in [0.15, 0.2) is 30.5 Å². The lowest BCUT2D eigenvalue weighted by molar-refractivity contribution is -0.142. The highest BCUT2D eigenvalue weighted by atomic mass is 16.5. The van der Waals surface area contributed by atoms with Gasteiger partial charge in [-0.2, -0.15) is 0 Å². The van der Waals surface area contributed by atoms with Gasteiger partial charge in [0.25, 0.3) is 0 Å². The van der Waals surface area contributed by atoms with Gasteiger partial charge in [-0.25, -0.2) is 4.98 Å². The van der Waals surface area contributed by atoms with Crippen molar-refractivity contribution in [3.63, 3.8) is 0 Å². The highest BCUT2D eigenvalue weighted by Crippen LogP contribution is 2.22. The summed E-state index contributed by atoms with van der Waals surface area (Å²) in [5, 5.41) is 0. The Morgan fingerprint density at radius 3 is 2.58 bits per heavy atom. The van der Waals surface area contributed by atoms with Crippen molar-refractivity contribution in [2.24, 2.45) is 0 Å². The summed E-state index contributed by atoms with van der Waals surface area (Å²) in [5.41, 5.74) is 3.23. The lowest BCUT2D eigenvalue weighted by Gasteiger charge is -2.34. The highest BCUT2D eigenvalue weighted by molar-refractivity contribution is 5.72. The van der Waals surface area contributed by atoms with Crippen LogP contribution >= 0.6 is 0 Å². The maximum atomic E-state index is 11.5. The second-order valence-corrected chi connectivity index (χ2v) is 6.06. The first-order chi connectivity index (χ1) is 11.7. The molecule has 1 fully saturated rings. The van der Waals surface area contributed by atoms with Gasteiger partial charge in [0.2, 0.25) is 0 Å². The second kappa shape index (κ2) is 7.49. The lowest BCUT2D eigenvalue weighted by atomic mass is 10.1. The Labute approximate surface area is 142 Å². The van der Waals surface area contributed by atoms with Crippen LogP contribution in [0.5, 0.6) is 0 Å². The summed E-state index contributed by atoms with van der Waals surface area (Å²) in [5.74, 6) is 0.371. The zero-order valence-electron chi connectivity index (χ0n) is 14.3. The molecule has 0 bridgehead atoms. The smallest absolute Gasteiger partial charge is 0.313 e. The number of anilines is 1. The number of carbonyl (C=O) groups excluding carboxylic acids is 1. The molecular weight excluding hydrogens is 304 g/mol. The number of H-pyrrole nitrogens is 1. The molecule has 1 aromatic carbocycles. The van der Waals surface area contributed by atoms with Gasteiger partial charge in [0, 0.05) is 31.9 Å². The van der Waals surface area contributed by atoms with Crippen LogP contribution < -0.4 is 4.90 Å². The van der Waals surface area contributed by atoms with Gasteiger partial charge in [-0.3, -0.25) is 4.79 Å². The van der Waals surface area contributed by atoms with Gasteiger partial charge in [-0.1, -0.05) is 12.1 Å². The highest BCUT2D eigenvalue weighted by Gasteiger charge is 2.14. The maximum Gasteiger partial charge on any atom is 0.313 e. The van der Waals surface area contributed by atoms with Crippen molar-refractivity contribution in [1.29, 1.82) is 0 Å². The van der Waals surface area contributed by atoms with Crippen LogP contribution in [0.4, 0.5) is 5.69 Å². The number of nitrogens with one attached hydrogen (secondary N) is 1. The van der Waals surface area contributed by atoms with Crippen LogP contribution in [0.3, 0.4) is 0 Å². The molecule has 3 rings (SSSR count). The molecule has 2 aromatic rings. The summed E-state index contributed by atoms with van der Waals surface area (Å²) in [7, 11) is 2.16. The van der Waals surface area contributed by atoms with Gasteiger partial charge in [0.1, 0.15) is 12.2 Å². The van der Waals surface area contributed by atoms with E-state index in [1.54, 1.807) is 13.1 Å². The Bertz CT molecular complexity index is 673. The SMILES string of the molecule is CCOC(=O)Cc1ncc(-c2ccc(N3CCN(C)CC3)cc2)[nH]1. The van der Waals surface area contributed by atoms with Crippen LogP contribution in [-0.2, 0) is 16.0 Å². The van der Waals surface area contributed by atoms with Crippen molar-refractivity contribution in [2.45, 2.75) is 13.3 Å². The molecule has 0 amide bonds. The minimum atomic E-state index is -0.260. The predicted octanol–water partition coefficient (Wildman–Crippen LogP) is 1.93. The Kier molecular flexibility index (Phi) is 5.15. The molecule has 0 unspecified atom stereocenters. The van der Waals surface area contributed by atoms with Gasteiger partial charge in [-0.15, -0.1) is 0 Å². The minimum Gasteiger partial charge on any atom is -0.466 e. The Morgan fingerprint density at radius 2 is 1.92 bits per heavy atom. The number of imidazole rings is 1. The van der Waals surface area contributed by atoms with Crippen molar-refractivity contribution in [3.8, 4) is 11.3 Å². The van der Waals surface area contributed by atoms with Gasteiger partial charge in [0.05, 0.1) is 18.5 Å². The fourth-order valence-corrected chi connectivity index (χ4v) is 2.86. The van der Waals surface area contributed by atoms with Crippen LogP contribution in [0.25, 0.3) is 11.3 Å². The molecule has 1 aromatic heterocycles. The molecule has 0 saturated carbocycles. The summed E-state index contributed by atoms with van der Waals surface area (Å²) in [6.45, 7) is 6.50. The van der Waals surface area contributed by atoms with Crippen LogP contribution in [0, 0.1) is 0 Å². The van der Waals surface area contributed by atoms with E-state index in [9.17, 15) is 4.79 Å². The largest absolute Gasteiger partial charge is 0.466 e. The van der Waals surface area contributed by atoms with E-state index in [2.05, 4.69) is 51.1 Å². The Morgan fingerprint density at radius 1 is 1.21 bits per heavy atom. The number of aromatic amines is 1. The lowest BCUT2D eigenvalue weighted by Crippen LogP contribution is -2.44. The molecule has 0 aliphatic carbocycles. The van der Waals surface area contributed by atoms with Crippen LogP contribution in [0.2, 0.25) is 0 Å². The number of ether oxygens (including phenoxy) is 1. The van der Waals surface area contributed by atoms with Gasteiger partial charge in [0.15, 0.2) is 0 Å². The molecule has 0 radical (unpaired) electrons. The maximum absolute atomic E-state index is 11.5. The average Bonchev–Trinajstić information content (AvgIpc) is 3.04. The number of piperazine rings is 1. The fourth-order valence-electron chi connectivity index (χ4n) is 2.86. The standard InChI is InChI=1S/C18H24N4O2/c1-3-24-18(23)12-17-19-13-16(20-17)14-4-6-15(7-5-14)22-10-8-21(2)9-11-22/h4-7,13H,3,8-12H2,1-2H3,(H,19,20). The van der Waals surface area contributed by atoms with Gasteiger partial charge >= 0.3 is 5.97 Å². The molecule has 24 heavy (non-hydrogen) atoms. The number of hydrogen-bond acceptors (Lipinski definition) is 5. The van der Waals surface area contributed by atoms with E-state index in [4.69, 9.17) is 4.74 Å². The Balaban J connectivity index is 1.65. The number of rotatable bonds is 5. The van der Waals surface area contributed by atoms with Crippen molar-refractivity contribution < 1.29 is 9.53 Å². The van der Waals surface area contributed by atoms with Gasteiger partial charge < -0.3 is 19.5 Å². The fraction of sp³-hybridized carbons (Fsp3) is 0.444. The normalized spacial score (nSPS) is 15.5. The molecule has 128 valence electrons. The van der Waals surface area contributed by atoms with Crippen molar-refractivity contribution in [2.75, 3.05) is 44.7 Å². The third kappa shape index (κ3) is 3.94. The number of aromatic nitrogens is 2. The topological polar surface area (TPSA) is 61.5 Å². The summed E-state index contributed by atoms with van der Waals surface area (Å²) in [4.78, 5) is 23.7. The predicted molar refractivity (Wildman–Crippen MR) is 94.1 cm³/mol. The summed E-state index contributed by atoms with van der Waals surface area (Å²) in [6.07, 6.45) is 1.94. The van der Waals surface area contributed by atoms with E-state index < -0.39 is 0 Å². The molecule has 1 aliphatic heterocycles. The van der Waals surface area contributed by atoms with Crippen molar-refractivity contribution >= 4 is 11.7 Å². The summed E-state index contributed by atoms with van der Waals surface area (Å²) < 4.78 is 4.94. The molecule has 0 spiro atoms. The molecule has 1 aliphatic rings. The number of carbonyl (C=O) groups is 1. The van der Waals surface area contributed by atoms with E-state index >= 15 is 0 Å². The van der Waals surface area contributed by atoms with E-state index in [0.717, 1.165) is 37.4 Å². The van der Waals surface area contributed by atoms with Gasteiger partial charge in [-0.05, 0) is 31.7 Å². The number of likely N-dealkylation sites (N-methyl/N-ethyl adjacent to an activating group) is 1. The van der Waals surface area contributed by atoms with Crippen molar-refractivity contribution in [1.82, 2.24) is 14.9 Å². The van der Waals surface area contributed by atoms with E-state index in [-0.39, 0.29) is 12.4 Å². The number of esters is 1. The number of nitrogens with zero attached hydrogens (tertiary/aromatic N) is 3. The van der Waals surface area contributed by atoms with E-state index in [0.29, 0.717) is 12.4 Å². The zero-order valence-corrected chi connectivity index (χ0v) is 14.3. The monoisotopic (exact) mass is 328 g/mol. The minimum absolute atomic E-state index is 0.174. The molecular formula is C18H24N4O2. The number of hydrogen-bond donors (Lipinski definition) is 1. The van der Waals surface area contributed by atoms with E-state index in [1.807, 2.05) is 0 Å². The first-order valence-corrected chi connectivity index (χ1v) is 8.39. The molecule has 0 atom stereocenters. The third-order valence-electron chi connectivity index (χ3n) is 4.29. The molecule has 1 saturated heterocycles. The third-order valence-corrected chi connectivity index (χ3v) is 4.29.